The molecular weight excluding hydrogens is 470 g/mol. The number of nitrogens with zero attached hydrogens (tertiary/aromatic N) is 1. The van der Waals surface area contributed by atoms with Gasteiger partial charge in [0.2, 0.25) is 5.78 Å². The number of ether oxygens (including phenoxy) is 2. The first-order chi connectivity index (χ1) is 16.7. The van der Waals surface area contributed by atoms with Gasteiger partial charge in [0.15, 0.2) is 22.9 Å². The van der Waals surface area contributed by atoms with Crippen LogP contribution in [0, 0.1) is 5.92 Å². The van der Waals surface area contributed by atoms with E-state index in [1.807, 2.05) is 19.1 Å². The van der Waals surface area contributed by atoms with Crippen LogP contribution < -0.4 is 9.47 Å². The number of aliphatic hydroxyl groups is 1. The zero-order valence-electron chi connectivity index (χ0n) is 20.1. The number of hydrogen-bond acceptors (Lipinski definition) is 6. The van der Waals surface area contributed by atoms with E-state index in [9.17, 15) is 14.7 Å². The smallest absolute Gasteiger partial charge is 0.290 e. The van der Waals surface area contributed by atoms with Crippen molar-refractivity contribution in [2.45, 2.75) is 33.2 Å². The van der Waals surface area contributed by atoms with Crippen molar-refractivity contribution in [1.29, 1.82) is 0 Å². The molecule has 2 aromatic carbocycles. The molecule has 2 heterocycles. The number of carbonyl (C=O) groups is 2. The van der Waals surface area contributed by atoms with E-state index >= 15 is 0 Å². The molecular formula is C27H28ClNO6. The third-order valence-electron chi connectivity index (χ3n) is 5.78. The number of furan rings is 1. The molecule has 8 heteroatoms. The highest BCUT2D eigenvalue weighted by atomic mass is 35.5. The number of halogens is 1. The molecule has 0 aliphatic carbocycles. The Morgan fingerprint density at radius 2 is 1.91 bits per heavy atom. The maximum Gasteiger partial charge on any atom is 0.290 e. The van der Waals surface area contributed by atoms with Gasteiger partial charge in [0.25, 0.3) is 5.91 Å². The van der Waals surface area contributed by atoms with Gasteiger partial charge < -0.3 is 23.9 Å². The van der Waals surface area contributed by atoms with Crippen molar-refractivity contribution in [2.75, 3.05) is 20.3 Å². The summed E-state index contributed by atoms with van der Waals surface area (Å²) in [6.07, 6.45) is 0.660. The number of carbonyl (C=O) groups excluding carboxylic acids is 2. The summed E-state index contributed by atoms with van der Waals surface area (Å²) >= 11 is 6.15. The summed E-state index contributed by atoms with van der Waals surface area (Å²) in [5.74, 6) is -0.298. The van der Waals surface area contributed by atoms with E-state index in [1.54, 1.807) is 30.3 Å². The Kier molecular flexibility index (Phi) is 7.08. The summed E-state index contributed by atoms with van der Waals surface area (Å²) in [4.78, 5) is 28.1. The van der Waals surface area contributed by atoms with Crippen LogP contribution in [0.1, 0.15) is 49.4 Å². The van der Waals surface area contributed by atoms with Crippen molar-refractivity contribution < 1.29 is 28.6 Å². The molecule has 0 bridgehead atoms. The summed E-state index contributed by atoms with van der Waals surface area (Å²) < 4.78 is 16.9. The highest BCUT2D eigenvalue weighted by Gasteiger charge is 2.44. The number of amides is 1. The molecule has 0 spiro atoms. The van der Waals surface area contributed by atoms with Crippen LogP contribution in [0.4, 0.5) is 0 Å². The van der Waals surface area contributed by atoms with Gasteiger partial charge in [-0.3, -0.25) is 9.59 Å². The van der Waals surface area contributed by atoms with Gasteiger partial charge in [-0.2, -0.15) is 0 Å². The first-order valence-electron chi connectivity index (χ1n) is 11.5. The second-order valence-electron chi connectivity index (χ2n) is 8.90. The fourth-order valence-corrected chi connectivity index (χ4v) is 4.41. The topological polar surface area (TPSA) is 89.2 Å². The average molecular weight is 498 g/mol. The SMILES string of the molecule is CCCN1C(=O)C(O)=C(C(=O)c2cc3cc(Cl)cc(OC)c3o2)C1c1ccc(OCC(C)C)cc1. The lowest BCUT2D eigenvalue weighted by Gasteiger charge is -2.26. The van der Waals surface area contributed by atoms with Crippen molar-refractivity contribution >= 4 is 34.3 Å². The number of benzene rings is 2. The molecule has 35 heavy (non-hydrogen) atoms. The third kappa shape index (κ3) is 4.73. The Hall–Kier alpha value is -3.45. The van der Waals surface area contributed by atoms with Gasteiger partial charge in [0.1, 0.15) is 5.75 Å². The van der Waals surface area contributed by atoms with Crippen LogP contribution in [-0.4, -0.2) is 42.0 Å². The molecule has 0 saturated heterocycles. The standard InChI is InChI=1S/C27H28ClNO6/c1-5-10-29-23(16-6-8-19(9-7-16)34-14-15(2)3)22(25(31)27(29)32)24(30)20-12-17-11-18(28)13-21(33-4)26(17)35-20/h6-9,11-13,15,23,31H,5,10,14H2,1-4H3. The van der Waals surface area contributed by atoms with Gasteiger partial charge in [0.05, 0.1) is 25.3 Å². The molecule has 0 fully saturated rings. The molecule has 1 aliphatic rings. The van der Waals surface area contributed by atoms with Crippen molar-refractivity contribution in [3.63, 3.8) is 0 Å². The van der Waals surface area contributed by atoms with Gasteiger partial charge in [-0.25, -0.2) is 0 Å². The van der Waals surface area contributed by atoms with E-state index in [2.05, 4.69) is 13.8 Å². The number of methoxy groups -OCH3 is 1. The molecule has 1 aromatic heterocycles. The Morgan fingerprint density at radius 1 is 1.20 bits per heavy atom. The van der Waals surface area contributed by atoms with Crippen LogP contribution >= 0.6 is 11.6 Å². The minimum absolute atomic E-state index is 0.0184. The quantitative estimate of drug-likeness (QED) is 0.358. The molecule has 3 aromatic rings. The first kappa shape index (κ1) is 24.7. The summed E-state index contributed by atoms with van der Waals surface area (Å²) in [6.45, 7) is 7.01. The van der Waals surface area contributed by atoms with Gasteiger partial charge in [0, 0.05) is 23.0 Å². The number of fused-ring (bicyclic) bond motifs is 1. The van der Waals surface area contributed by atoms with Crippen LogP contribution in [0.3, 0.4) is 0 Å². The first-order valence-corrected chi connectivity index (χ1v) is 11.9. The lowest BCUT2D eigenvalue weighted by molar-refractivity contribution is -0.129. The summed E-state index contributed by atoms with van der Waals surface area (Å²) in [6, 6.07) is 11.3. The van der Waals surface area contributed by atoms with Crippen molar-refractivity contribution in [2.24, 2.45) is 5.92 Å². The normalized spacial score (nSPS) is 16.0. The van der Waals surface area contributed by atoms with Gasteiger partial charge in [-0.1, -0.05) is 44.5 Å². The summed E-state index contributed by atoms with van der Waals surface area (Å²) in [7, 11) is 1.48. The molecule has 184 valence electrons. The predicted molar refractivity (Wildman–Crippen MR) is 133 cm³/mol. The number of hydrogen-bond donors (Lipinski definition) is 1. The Morgan fingerprint density at radius 3 is 2.54 bits per heavy atom. The Labute approximate surface area is 208 Å². The van der Waals surface area contributed by atoms with Crippen molar-refractivity contribution in [3.8, 4) is 11.5 Å². The van der Waals surface area contributed by atoms with Crippen molar-refractivity contribution in [1.82, 2.24) is 4.90 Å². The van der Waals surface area contributed by atoms with Crippen LogP contribution in [-0.2, 0) is 4.79 Å². The fourth-order valence-electron chi connectivity index (χ4n) is 4.20. The molecule has 1 atom stereocenters. The lowest BCUT2D eigenvalue weighted by Crippen LogP contribution is -2.31. The highest BCUT2D eigenvalue weighted by Crippen LogP contribution is 2.41. The Bertz CT molecular complexity index is 1290. The summed E-state index contributed by atoms with van der Waals surface area (Å²) in [5.41, 5.74) is 1.02. The van der Waals surface area contributed by atoms with E-state index in [4.69, 9.17) is 25.5 Å². The molecule has 1 amide bonds. The number of ketones is 1. The molecule has 4 rings (SSSR count). The molecule has 0 radical (unpaired) electrons. The van der Waals surface area contributed by atoms with Gasteiger partial charge >= 0.3 is 0 Å². The summed E-state index contributed by atoms with van der Waals surface area (Å²) in [5, 5.41) is 11.8. The number of Topliss-reactive ketones (excluding diaryl/α,β-unsaturated/α-hetero) is 1. The molecule has 1 N–H and O–H groups in total. The minimum Gasteiger partial charge on any atom is -0.503 e. The van der Waals surface area contributed by atoms with Gasteiger partial charge in [-0.05, 0) is 42.2 Å². The maximum absolute atomic E-state index is 13.6. The van der Waals surface area contributed by atoms with E-state index in [-0.39, 0.29) is 11.3 Å². The van der Waals surface area contributed by atoms with E-state index < -0.39 is 23.5 Å². The second-order valence-corrected chi connectivity index (χ2v) is 9.34. The minimum atomic E-state index is -0.757. The number of rotatable bonds is 9. The molecule has 1 aliphatic heterocycles. The van der Waals surface area contributed by atoms with Crippen LogP contribution in [0.25, 0.3) is 11.0 Å². The van der Waals surface area contributed by atoms with E-state index in [1.165, 1.54) is 12.0 Å². The molecule has 7 nitrogen and oxygen atoms in total. The zero-order chi connectivity index (χ0) is 25.3. The lowest BCUT2D eigenvalue weighted by atomic mass is 9.95. The maximum atomic E-state index is 13.6. The van der Waals surface area contributed by atoms with Gasteiger partial charge in [-0.15, -0.1) is 0 Å². The van der Waals surface area contributed by atoms with E-state index in [0.717, 1.165) is 0 Å². The molecule has 1 unspecified atom stereocenters. The molecule has 0 saturated carbocycles. The van der Waals surface area contributed by atoms with Crippen LogP contribution in [0.15, 0.2) is 58.2 Å². The average Bonchev–Trinajstić information content (AvgIpc) is 3.37. The highest BCUT2D eigenvalue weighted by molar-refractivity contribution is 6.31. The monoisotopic (exact) mass is 497 g/mol. The predicted octanol–water partition coefficient (Wildman–Crippen LogP) is 6.12. The van der Waals surface area contributed by atoms with E-state index in [0.29, 0.717) is 58.5 Å². The van der Waals surface area contributed by atoms with Crippen molar-refractivity contribution in [3.05, 3.63) is 70.1 Å². The van der Waals surface area contributed by atoms with Crippen LogP contribution in [0.2, 0.25) is 5.02 Å². The fraction of sp³-hybridized carbons (Fsp3) is 0.333. The second kappa shape index (κ2) is 10.0. The van der Waals surface area contributed by atoms with Crippen LogP contribution in [0.5, 0.6) is 11.5 Å². The Balaban J connectivity index is 1.74. The largest absolute Gasteiger partial charge is 0.503 e. The number of aliphatic hydroxyl groups excluding tert-OH is 1. The zero-order valence-corrected chi connectivity index (χ0v) is 20.9. The third-order valence-corrected chi connectivity index (χ3v) is 6.00.